The molecule has 138 valence electrons. The van der Waals surface area contributed by atoms with E-state index in [9.17, 15) is 9.59 Å². The lowest BCUT2D eigenvalue weighted by atomic mass is 10.2. The zero-order valence-electron chi connectivity index (χ0n) is 14.4. The number of carboxylic acids is 1. The summed E-state index contributed by atoms with van der Waals surface area (Å²) in [5.41, 5.74) is 1.65. The van der Waals surface area contributed by atoms with E-state index in [0.717, 1.165) is 16.3 Å². The summed E-state index contributed by atoms with van der Waals surface area (Å²) in [5.74, 6) is -0.374. The lowest BCUT2D eigenvalue weighted by Crippen LogP contribution is -2.49. The molecule has 0 bridgehead atoms. The van der Waals surface area contributed by atoms with Gasteiger partial charge in [-0.2, -0.15) is 0 Å². The molecular formula is C18H20N2O5S. The molecule has 0 saturated carbocycles. The van der Waals surface area contributed by atoms with E-state index in [1.54, 1.807) is 0 Å². The Morgan fingerprint density at radius 1 is 1.38 bits per heavy atom. The quantitative estimate of drug-likeness (QED) is 0.830. The zero-order chi connectivity index (χ0) is 18.5. The fourth-order valence-electron chi connectivity index (χ4n) is 2.67. The monoisotopic (exact) mass is 376 g/mol. The molecule has 2 aromatic rings. The van der Waals surface area contributed by atoms with Crippen LogP contribution in [0.25, 0.3) is 10.6 Å². The second-order valence-electron chi connectivity index (χ2n) is 5.82. The summed E-state index contributed by atoms with van der Waals surface area (Å²) in [5, 5.41) is 11.7. The second-order valence-corrected chi connectivity index (χ2v) is 6.67. The number of morpholine rings is 1. The lowest BCUT2D eigenvalue weighted by molar-refractivity contribution is -0.159. The summed E-state index contributed by atoms with van der Waals surface area (Å²) >= 11 is 1.47. The number of benzene rings is 1. The Hall–Kier alpha value is -2.45. The molecule has 0 aliphatic carbocycles. The summed E-state index contributed by atoms with van der Waals surface area (Å²) in [6, 6.07) is 7.67. The van der Waals surface area contributed by atoms with Crippen LogP contribution in [0.1, 0.15) is 12.6 Å². The number of hydrogen-bond donors (Lipinski definition) is 1. The van der Waals surface area contributed by atoms with Crippen molar-refractivity contribution in [3.05, 3.63) is 35.3 Å². The molecule has 7 nitrogen and oxygen atoms in total. The highest BCUT2D eigenvalue weighted by Gasteiger charge is 2.29. The number of rotatable bonds is 6. The third-order valence-electron chi connectivity index (χ3n) is 3.99. The molecule has 1 atom stereocenters. The maximum atomic E-state index is 12.4. The van der Waals surface area contributed by atoms with E-state index >= 15 is 0 Å². The Kier molecular flexibility index (Phi) is 5.85. The average molecular weight is 376 g/mol. The fraction of sp³-hybridized carbons (Fsp3) is 0.389. The average Bonchev–Trinajstić information content (AvgIpc) is 3.11. The van der Waals surface area contributed by atoms with Crippen LogP contribution in [0, 0.1) is 0 Å². The van der Waals surface area contributed by atoms with Gasteiger partial charge in [0.15, 0.2) is 6.10 Å². The lowest BCUT2D eigenvalue weighted by Gasteiger charge is -2.30. The van der Waals surface area contributed by atoms with Crippen LogP contribution in [-0.4, -0.2) is 59.3 Å². The molecule has 1 amide bonds. The van der Waals surface area contributed by atoms with Gasteiger partial charge in [0.1, 0.15) is 10.8 Å². The van der Waals surface area contributed by atoms with Crippen LogP contribution >= 0.6 is 11.3 Å². The number of carbonyl (C=O) groups excluding carboxylic acids is 1. The molecular weight excluding hydrogens is 356 g/mol. The Balaban J connectivity index is 1.62. The van der Waals surface area contributed by atoms with Crippen LogP contribution in [0.5, 0.6) is 5.75 Å². The van der Waals surface area contributed by atoms with E-state index in [1.807, 2.05) is 36.6 Å². The molecule has 1 aliphatic heterocycles. The molecule has 26 heavy (non-hydrogen) atoms. The van der Waals surface area contributed by atoms with Gasteiger partial charge >= 0.3 is 5.97 Å². The normalized spacial score (nSPS) is 17.1. The number of ether oxygens (including phenoxy) is 2. The number of thiazole rings is 1. The van der Waals surface area contributed by atoms with Gasteiger partial charge in [0.2, 0.25) is 5.91 Å². The van der Waals surface area contributed by atoms with Gasteiger partial charge in [0.05, 0.1) is 31.9 Å². The van der Waals surface area contributed by atoms with Crippen LogP contribution in [0.15, 0.2) is 29.6 Å². The van der Waals surface area contributed by atoms with E-state index in [1.165, 1.54) is 16.2 Å². The van der Waals surface area contributed by atoms with E-state index in [4.69, 9.17) is 14.6 Å². The maximum absolute atomic E-state index is 12.4. The van der Waals surface area contributed by atoms with Crippen molar-refractivity contribution >= 4 is 23.2 Å². The predicted octanol–water partition coefficient (Wildman–Crippen LogP) is 2.06. The van der Waals surface area contributed by atoms with Gasteiger partial charge in [-0.1, -0.05) is 0 Å². The Morgan fingerprint density at radius 3 is 2.85 bits per heavy atom. The van der Waals surface area contributed by atoms with Gasteiger partial charge in [-0.15, -0.1) is 11.3 Å². The SMILES string of the molecule is CCOc1ccc(-c2nc(CC(=O)N3CCO[C@H](C(=O)O)C3)cs2)cc1. The highest BCUT2D eigenvalue weighted by atomic mass is 32.1. The van der Waals surface area contributed by atoms with Crippen LogP contribution in [0.3, 0.4) is 0 Å². The summed E-state index contributed by atoms with van der Waals surface area (Å²) in [6.07, 6.45) is -0.803. The van der Waals surface area contributed by atoms with Crippen molar-refractivity contribution in [3.8, 4) is 16.3 Å². The van der Waals surface area contributed by atoms with E-state index < -0.39 is 12.1 Å². The first kappa shape index (κ1) is 18.3. The number of hydrogen-bond acceptors (Lipinski definition) is 6. The molecule has 1 aliphatic rings. The summed E-state index contributed by atoms with van der Waals surface area (Å²) in [7, 11) is 0. The number of nitrogens with zero attached hydrogens (tertiary/aromatic N) is 2. The van der Waals surface area contributed by atoms with Crippen molar-refractivity contribution in [2.45, 2.75) is 19.4 Å². The zero-order valence-corrected chi connectivity index (χ0v) is 15.2. The predicted molar refractivity (Wildman–Crippen MR) is 96.4 cm³/mol. The Bertz CT molecular complexity index is 774. The minimum atomic E-state index is -1.05. The molecule has 2 heterocycles. The molecule has 8 heteroatoms. The summed E-state index contributed by atoms with van der Waals surface area (Å²) in [4.78, 5) is 29.5. The molecule has 3 rings (SSSR count). The van der Waals surface area contributed by atoms with Crippen molar-refractivity contribution in [2.24, 2.45) is 0 Å². The molecule has 1 fully saturated rings. The topological polar surface area (TPSA) is 89.0 Å². The Morgan fingerprint density at radius 2 is 2.15 bits per heavy atom. The maximum Gasteiger partial charge on any atom is 0.334 e. The third kappa shape index (κ3) is 4.39. The molecule has 1 N–H and O–H groups in total. The first-order chi connectivity index (χ1) is 12.6. The van der Waals surface area contributed by atoms with Crippen molar-refractivity contribution in [3.63, 3.8) is 0 Å². The number of carbonyl (C=O) groups is 2. The highest BCUT2D eigenvalue weighted by molar-refractivity contribution is 7.13. The van der Waals surface area contributed by atoms with Gasteiger partial charge in [0, 0.05) is 17.5 Å². The van der Waals surface area contributed by atoms with Crippen molar-refractivity contribution in [1.82, 2.24) is 9.88 Å². The van der Waals surface area contributed by atoms with Crippen LogP contribution in [-0.2, 0) is 20.7 Å². The first-order valence-corrected chi connectivity index (χ1v) is 9.24. The molecule has 0 spiro atoms. The smallest absolute Gasteiger partial charge is 0.334 e. The number of carboxylic acid groups (broad SMARTS) is 1. The van der Waals surface area contributed by atoms with Gasteiger partial charge < -0.3 is 19.5 Å². The first-order valence-electron chi connectivity index (χ1n) is 8.36. The van der Waals surface area contributed by atoms with Crippen LogP contribution < -0.4 is 4.74 Å². The molecule has 1 saturated heterocycles. The van der Waals surface area contributed by atoms with Crippen molar-refractivity contribution < 1.29 is 24.2 Å². The van der Waals surface area contributed by atoms with Crippen LogP contribution in [0.2, 0.25) is 0 Å². The van der Waals surface area contributed by atoms with E-state index in [0.29, 0.717) is 18.8 Å². The number of aromatic nitrogens is 1. The molecule has 1 aromatic heterocycles. The Labute approximate surface area is 155 Å². The minimum absolute atomic E-state index is 0.0735. The molecule has 1 aromatic carbocycles. The van der Waals surface area contributed by atoms with Gasteiger partial charge in [-0.25, -0.2) is 9.78 Å². The van der Waals surface area contributed by atoms with Crippen molar-refractivity contribution in [2.75, 3.05) is 26.3 Å². The second kappa shape index (κ2) is 8.29. The number of aliphatic carboxylic acids is 1. The van der Waals surface area contributed by atoms with E-state index in [-0.39, 0.29) is 25.5 Å². The van der Waals surface area contributed by atoms with Gasteiger partial charge in [-0.3, -0.25) is 4.79 Å². The third-order valence-corrected chi connectivity index (χ3v) is 4.93. The highest BCUT2D eigenvalue weighted by Crippen LogP contribution is 2.26. The summed E-state index contributed by atoms with van der Waals surface area (Å²) in [6.45, 7) is 3.26. The van der Waals surface area contributed by atoms with E-state index in [2.05, 4.69) is 4.98 Å². The van der Waals surface area contributed by atoms with Gasteiger partial charge in [0.25, 0.3) is 0 Å². The summed E-state index contributed by atoms with van der Waals surface area (Å²) < 4.78 is 10.6. The minimum Gasteiger partial charge on any atom is -0.494 e. The number of amides is 1. The molecule has 0 unspecified atom stereocenters. The van der Waals surface area contributed by atoms with Crippen LogP contribution in [0.4, 0.5) is 0 Å². The standard InChI is InChI=1S/C18H20N2O5S/c1-2-24-14-5-3-12(4-6-14)17-19-13(11-26-17)9-16(21)20-7-8-25-15(10-20)18(22)23/h3-6,11,15H,2,7-10H2,1H3,(H,22,23)/t15-/m0/s1. The molecule has 0 radical (unpaired) electrons. The fourth-order valence-corrected chi connectivity index (χ4v) is 3.50. The van der Waals surface area contributed by atoms with Gasteiger partial charge in [-0.05, 0) is 31.2 Å². The largest absolute Gasteiger partial charge is 0.494 e. The van der Waals surface area contributed by atoms with Crippen molar-refractivity contribution in [1.29, 1.82) is 0 Å².